The molecule has 166 valence electrons. The fraction of sp³-hybridized carbons (Fsp3) is 0.400. The normalized spacial score (nSPS) is 22.4. The number of carbonyl (C=O) groups excluding carboxylic acids is 1. The number of alkyl halides is 3. The highest BCUT2D eigenvalue weighted by atomic mass is 19.4. The van der Waals surface area contributed by atoms with Crippen molar-refractivity contribution in [3.05, 3.63) is 54.0 Å². The van der Waals surface area contributed by atoms with Gasteiger partial charge in [-0.25, -0.2) is 15.0 Å². The maximum Gasteiger partial charge on any atom is 0.434 e. The van der Waals surface area contributed by atoms with Gasteiger partial charge in [0.15, 0.2) is 11.4 Å². The summed E-state index contributed by atoms with van der Waals surface area (Å²) >= 11 is 0. The Bertz CT molecular complexity index is 1140. The van der Waals surface area contributed by atoms with Gasteiger partial charge < -0.3 is 9.64 Å². The lowest BCUT2D eigenvalue weighted by Crippen LogP contribution is -2.40. The molecule has 2 fully saturated rings. The zero-order valence-corrected chi connectivity index (χ0v) is 16.9. The van der Waals surface area contributed by atoms with Crippen LogP contribution in [0.4, 0.5) is 13.2 Å². The maximum atomic E-state index is 13.5. The van der Waals surface area contributed by atoms with Gasteiger partial charge in [-0.05, 0) is 31.9 Å². The highest BCUT2D eigenvalue weighted by molar-refractivity contribution is 5.96. The number of fused-ring (bicyclic) bond motifs is 2. The van der Waals surface area contributed by atoms with Gasteiger partial charge in [-0.1, -0.05) is 0 Å². The van der Waals surface area contributed by atoms with Crippen molar-refractivity contribution >= 4 is 5.91 Å². The number of hydrogen-bond donors (Lipinski definition) is 0. The van der Waals surface area contributed by atoms with Crippen molar-refractivity contribution in [1.29, 1.82) is 0 Å². The van der Waals surface area contributed by atoms with Gasteiger partial charge in [-0.15, -0.1) is 4.80 Å². The van der Waals surface area contributed by atoms with Crippen LogP contribution in [-0.4, -0.2) is 58.9 Å². The molecule has 0 N–H and O–H groups in total. The Morgan fingerprint density at radius 3 is 2.59 bits per heavy atom. The number of halogens is 3. The van der Waals surface area contributed by atoms with Crippen LogP contribution in [0.25, 0.3) is 5.69 Å². The molecule has 12 heteroatoms. The summed E-state index contributed by atoms with van der Waals surface area (Å²) in [6.07, 6.45) is 1.77. The van der Waals surface area contributed by atoms with Gasteiger partial charge in [0.05, 0.1) is 30.8 Å². The standard InChI is InChI=1S/C20H18F3N7O2/c1-11-2-4-14(30-26-6-7-27-30)18(28-11)19(31)29-12-3-5-13(29)15(8-12)32-17-10-24-16(9-25-17)20(21,22)23/h2,4,6-7,9-10,12-13,15H,3,5,8H2,1H3/t12-,13+,15-/m1/s1. The Morgan fingerprint density at radius 2 is 1.91 bits per heavy atom. The number of nitrogens with zero attached hydrogens (tertiary/aromatic N) is 7. The molecule has 2 aliphatic rings. The Labute approximate surface area is 180 Å². The van der Waals surface area contributed by atoms with Crippen molar-refractivity contribution in [1.82, 2.24) is 34.8 Å². The van der Waals surface area contributed by atoms with Crippen LogP contribution in [-0.2, 0) is 6.18 Å². The fourth-order valence-electron chi connectivity index (χ4n) is 4.39. The van der Waals surface area contributed by atoms with E-state index >= 15 is 0 Å². The quantitative estimate of drug-likeness (QED) is 0.609. The molecule has 2 bridgehead atoms. The SMILES string of the molecule is Cc1ccc(-n2nccn2)c(C(=O)N2[C@@H]3CC[C@H]2[C@H](Oc2cnc(C(F)(F)F)cn2)C3)n1. The van der Waals surface area contributed by atoms with E-state index in [-0.39, 0.29) is 35.7 Å². The minimum absolute atomic E-state index is 0.00180. The highest BCUT2D eigenvalue weighted by Crippen LogP contribution is 2.40. The third kappa shape index (κ3) is 3.55. The summed E-state index contributed by atoms with van der Waals surface area (Å²) in [5, 5.41) is 8.22. The Morgan fingerprint density at radius 1 is 1.12 bits per heavy atom. The van der Waals surface area contributed by atoms with Crippen molar-refractivity contribution in [2.45, 2.75) is 50.6 Å². The molecular formula is C20H18F3N7O2. The lowest BCUT2D eigenvalue weighted by molar-refractivity contribution is -0.141. The lowest BCUT2D eigenvalue weighted by atomic mass is 9.98. The third-order valence-corrected chi connectivity index (χ3v) is 5.76. The summed E-state index contributed by atoms with van der Waals surface area (Å²) in [5.41, 5.74) is 0.319. The zero-order chi connectivity index (χ0) is 22.5. The van der Waals surface area contributed by atoms with E-state index < -0.39 is 11.9 Å². The summed E-state index contributed by atoms with van der Waals surface area (Å²) < 4.78 is 44.0. The smallest absolute Gasteiger partial charge is 0.434 e. The number of pyridine rings is 1. The van der Waals surface area contributed by atoms with Crippen molar-refractivity contribution in [3.8, 4) is 11.6 Å². The van der Waals surface area contributed by atoms with Crippen LogP contribution < -0.4 is 4.74 Å². The summed E-state index contributed by atoms with van der Waals surface area (Å²) in [5.74, 6) is -0.254. The molecule has 3 atom stereocenters. The molecule has 0 radical (unpaired) electrons. The molecule has 2 saturated heterocycles. The third-order valence-electron chi connectivity index (χ3n) is 5.76. The summed E-state index contributed by atoms with van der Waals surface area (Å²) in [7, 11) is 0. The van der Waals surface area contributed by atoms with Crippen LogP contribution >= 0.6 is 0 Å². The largest absolute Gasteiger partial charge is 0.471 e. The van der Waals surface area contributed by atoms with E-state index in [4.69, 9.17) is 4.74 Å². The second-order valence-corrected chi connectivity index (χ2v) is 7.78. The molecule has 0 aliphatic carbocycles. The molecule has 1 amide bonds. The molecule has 2 aliphatic heterocycles. The number of aromatic nitrogens is 6. The number of amides is 1. The van der Waals surface area contributed by atoms with Crippen molar-refractivity contribution in [2.75, 3.05) is 0 Å². The van der Waals surface area contributed by atoms with Gasteiger partial charge in [-0.2, -0.15) is 23.4 Å². The second kappa shape index (κ2) is 7.53. The van der Waals surface area contributed by atoms with E-state index in [1.54, 1.807) is 24.0 Å². The maximum absolute atomic E-state index is 13.5. The average Bonchev–Trinajstić information content (AvgIpc) is 3.49. The van der Waals surface area contributed by atoms with E-state index in [0.717, 1.165) is 19.0 Å². The van der Waals surface area contributed by atoms with Crippen LogP contribution in [0, 0.1) is 6.92 Å². The summed E-state index contributed by atoms with van der Waals surface area (Å²) in [4.78, 5) is 28.2. The van der Waals surface area contributed by atoms with E-state index in [2.05, 4.69) is 25.1 Å². The summed E-state index contributed by atoms with van der Waals surface area (Å²) in [6, 6.07) is 3.24. The minimum Gasteiger partial charge on any atom is -0.471 e. The molecule has 5 heterocycles. The Balaban J connectivity index is 1.38. The van der Waals surface area contributed by atoms with Gasteiger partial charge in [-0.3, -0.25) is 4.79 Å². The fourth-order valence-corrected chi connectivity index (χ4v) is 4.39. The van der Waals surface area contributed by atoms with Gasteiger partial charge in [0, 0.05) is 18.2 Å². The molecule has 9 nitrogen and oxygen atoms in total. The average molecular weight is 445 g/mol. The Kier molecular flexibility index (Phi) is 4.79. The molecule has 3 aromatic heterocycles. The number of hydrogen-bond acceptors (Lipinski definition) is 7. The number of aryl methyl sites for hydroxylation is 1. The van der Waals surface area contributed by atoms with E-state index in [9.17, 15) is 18.0 Å². The number of rotatable bonds is 4. The van der Waals surface area contributed by atoms with E-state index in [0.29, 0.717) is 24.0 Å². The minimum atomic E-state index is -4.57. The molecular weight excluding hydrogens is 427 g/mol. The molecule has 0 unspecified atom stereocenters. The Hall–Kier alpha value is -3.57. The molecule has 32 heavy (non-hydrogen) atoms. The van der Waals surface area contributed by atoms with Crippen molar-refractivity contribution in [2.24, 2.45) is 0 Å². The molecule has 0 saturated carbocycles. The predicted octanol–water partition coefficient (Wildman–Crippen LogP) is 2.60. The van der Waals surface area contributed by atoms with Crippen molar-refractivity contribution < 1.29 is 22.7 Å². The molecule has 0 spiro atoms. The van der Waals surface area contributed by atoms with Crippen LogP contribution in [0.2, 0.25) is 0 Å². The molecule has 3 aromatic rings. The first-order valence-corrected chi connectivity index (χ1v) is 10.0. The van der Waals surface area contributed by atoms with Crippen LogP contribution in [0.5, 0.6) is 5.88 Å². The van der Waals surface area contributed by atoms with Crippen molar-refractivity contribution in [3.63, 3.8) is 0 Å². The first-order valence-electron chi connectivity index (χ1n) is 10.0. The predicted molar refractivity (Wildman–Crippen MR) is 103 cm³/mol. The van der Waals surface area contributed by atoms with Crippen LogP contribution in [0.1, 0.15) is 41.1 Å². The topological polar surface area (TPSA) is 98.9 Å². The van der Waals surface area contributed by atoms with Crippen LogP contribution in [0.15, 0.2) is 36.9 Å². The van der Waals surface area contributed by atoms with Gasteiger partial charge in [0.25, 0.3) is 5.91 Å². The van der Waals surface area contributed by atoms with Gasteiger partial charge in [0.1, 0.15) is 11.8 Å². The second-order valence-electron chi connectivity index (χ2n) is 7.78. The summed E-state index contributed by atoms with van der Waals surface area (Å²) in [6.45, 7) is 1.80. The lowest BCUT2D eigenvalue weighted by Gasteiger charge is -2.25. The molecule has 0 aromatic carbocycles. The number of ether oxygens (including phenoxy) is 1. The van der Waals surface area contributed by atoms with Gasteiger partial charge >= 0.3 is 6.18 Å². The molecule has 5 rings (SSSR count). The first kappa shape index (κ1) is 20.3. The number of carbonyl (C=O) groups is 1. The monoisotopic (exact) mass is 445 g/mol. The van der Waals surface area contributed by atoms with E-state index in [1.165, 1.54) is 17.2 Å². The van der Waals surface area contributed by atoms with E-state index in [1.807, 2.05) is 0 Å². The highest BCUT2D eigenvalue weighted by Gasteiger charge is 2.51. The first-order chi connectivity index (χ1) is 15.3. The zero-order valence-electron chi connectivity index (χ0n) is 16.9. The van der Waals surface area contributed by atoms with Gasteiger partial charge in [0.2, 0.25) is 5.88 Å². The van der Waals surface area contributed by atoms with Crippen LogP contribution in [0.3, 0.4) is 0 Å².